The Morgan fingerprint density at radius 1 is 1.30 bits per heavy atom. The molecule has 0 aromatic heterocycles. The number of hydrogen-bond acceptors (Lipinski definition) is 2. The third-order valence-electron chi connectivity index (χ3n) is 4.71. The zero-order chi connectivity index (χ0) is 14.5. The number of carboxylic acid groups (broad SMARTS) is 1. The number of rotatable bonds is 5. The van der Waals surface area contributed by atoms with Gasteiger partial charge in [-0.2, -0.15) is 0 Å². The van der Waals surface area contributed by atoms with Crippen LogP contribution in [0.4, 0.5) is 4.79 Å². The fourth-order valence-electron chi connectivity index (χ4n) is 3.56. The largest absolute Gasteiger partial charge is 0.480 e. The Hall–Kier alpha value is -1.26. The number of hydrogen-bond donors (Lipinski definition) is 2. The number of nitrogens with zero attached hydrogens (tertiary/aromatic N) is 1. The standard InChI is InChI=1S/C15H26N2O3/c1-2-3-7-12(14(18)19)16-15(20)17-10-9-11-6-4-5-8-13(11)17/h11-13H,2-10H2,1H3,(H,16,20)(H,18,19)/t11?,12-,13?/m0/s1. The van der Waals surface area contributed by atoms with Crippen LogP contribution >= 0.6 is 0 Å². The molecule has 2 aliphatic rings. The average molecular weight is 282 g/mol. The van der Waals surface area contributed by atoms with Crippen LogP contribution in [0.5, 0.6) is 0 Å². The summed E-state index contributed by atoms with van der Waals surface area (Å²) in [5, 5.41) is 11.9. The smallest absolute Gasteiger partial charge is 0.326 e. The maximum Gasteiger partial charge on any atom is 0.326 e. The lowest BCUT2D eigenvalue weighted by Crippen LogP contribution is -2.50. The lowest BCUT2D eigenvalue weighted by molar-refractivity contribution is -0.139. The Balaban J connectivity index is 1.91. The van der Waals surface area contributed by atoms with Crippen LogP contribution in [0.15, 0.2) is 0 Å². The van der Waals surface area contributed by atoms with Crippen molar-refractivity contribution >= 4 is 12.0 Å². The zero-order valence-electron chi connectivity index (χ0n) is 12.3. The summed E-state index contributed by atoms with van der Waals surface area (Å²) in [4.78, 5) is 25.4. The molecular formula is C15H26N2O3. The van der Waals surface area contributed by atoms with Crippen molar-refractivity contribution < 1.29 is 14.7 Å². The monoisotopic (exact) mass is 282 g/mol. The molecule has 114 valence electrons. The average Bonchev–Trinajstić information content (AvgIpc) is 2.87. The highest BCUT2D eigenvalue weighted by molar-refractivity contribution is 5.82. The fourth-order valence-corrected chi connectivity index (χ4v) is 3.56. The highest BCUT2D eigenvalue weighted by atomic mass is 16.4. The number of amides is 2. The van der Waals surface area contributed by atoms with Crippen LogP contribution in [-0.4, -0.2) is 40.6 Å². The minimum atomic E-state index is -0.925. The molecule has 1 aliphatic carbocycles. The maximum atomic E-state index is 12.3. The Morgan fingerprint density at radius 3 is 2.75 bits per heavy atom. The predicted octanol–water partition coefficient (Wildman–Crippen LogP) is 2.60. The summed E-state index contributed by atoms with van der Waals surface area (Å²) in [5.74, 6) is -0.292. The van der Waals surface area contributed by atoms with Gasteiger partial charge in [-0.05, 0) is 31.6 Å². The van der Waals surface area contributed by atoms with Crippen molar-refractivity contribution in [1.29, 1.82) is 0 Å². The molecule has 1 saturated carbocycles. The predicted molar refractivity (Wildman–Crippen MR) is 76.5 cm³/mol. The van der Waals surface area contributed by atoms with Gasteiger partial charge in [-0.25, -0.2) is 9.59 Å². The van der Waals surface area contributed by atoms with Gasteiger partial charge in [-0.3, -0.25) is 0 Å². The molecule has 2 fully saturated rings. The summed E-state index contributed by atoms with van der Waals surface area (Å²) >= 11 is 0. The molecular weight excluding hydrogens is 256 g/mol. The number of fused-ring (bicyclic) bond motifs is 1. The van der Waals surface area contributed by atoms with Crippen LogP contribution in [0.2, 0.25) is 0 Å². The van der Waals surface area contributed by atoms with Crippen molar-refractivity contribution in [2.75, 3.05) is 6.54 Å². The van der Waals surface area contributed by atoms with Crippen LogP contribution in [0.25, 0.3) is 0 Å². The van der Waals surface area contributed by atoms with Gasteiger partial charge in [0, 0.05) is 12.6 Å². The van der Waals surface area contributed by atoms with E-state index in [-0.39, 0.29) is 6.03 Å². The first-order valence-corrected chi connectivity index (χ1v) is 7.93. The van der Waals surface area contributed by atoms with Crippen molar-refractivity contribution in [2.24, 2.45) is 5.92 Å². The van der Waals surface area contributed by atoms with E-state index in [2.05, 4.69) is 5.32 Å². The molecule has 2 rings (SSSR count). The normalized spacial score (nSPS) is 26.9. The number of aliphatic carboxylic acids is 1. The Morgan fingerprint density at radius 2 is 2.05 bits per heavy atom. The van der Waals surface area contributed by atoms with Gasteiger partial charge in [0.25, 0.3) is 0 Å². The van der Waals surface area contributed by atoms with Crippen molar-refractivity contribution in [3.63, 3.8) is 0 Å². The molecule has 2 N–H and O–H groups in total. The van der Waals surface area contributed by atoms with E-state index in [9.17, 15) is 14.7 Å². The van der Waals surface area contributed by atoms with Gasteiger partial charge < -0.3 is 15.3 Å². The number of unbranched alkanes of at least 4 members (excludes halogenated alkanes) is 1. The minimum Gasteiger partial charge on any atom is -0.480 e. The minimum absolute atomic E-state index is 0.178. The lowest BCUT2D eigenvalue weighted by atomic mass is 9.85. The first kappa shape index (κ1) is 15.1. The topological polar surface area (TPSA) is 69.6 Å². The Kier molecular flexibility index (Phi) is 5.26. The lowest BCUT2D eigenvalue weighted by Gasteiger charge is -2.32. The van der Waals surface area contributed by atoms with Gasteiger partial charge >= 0.3 is 12.0 Å². The first-order valence-electron chi connectivity index (χ1n) is 7.93. The SMILES string of the molecule is CCCC[C@H](NC(=O)N1CCC2CCCCC21)C(=O)O. The number of carboxylic acids is 1. The molecule has 5 heteroatoms. The van der Waals surface area contributed by atoms with E-state index in [4.69, 9.17) is 0 Å². The molecule has 0 bridgehead atoms. The number of carbonyl (C=O) groups is 2. The molecule has 20 heavy (non-hydrogen) atoms. The van der Waals surface area contributed by atoms with E-state index in [1.165, 1.54) is 19.3 Å². The summed E-state index contributed by atoms with van der Waals surface area (Å²) < 4.78 is 0. The molecule has 0 spiro atoms. The van der Waals surface area contributed by atoms with E-state index in [1.807, 2.05) is 11.8 Å². The fraction of sp³-hybridized carbons (Fsp3) is 0.867. The molecule has 2 unspecified atom stereocenters. The molecule has 1 heterocycles. The molecule has 5 nitrogen and oxygen atoms in total. The molecule has 3 atom stereocenters. The summed E-state index contributed by atoms with van der Waals surface area (Å²) in [6.45, 7) is 2.80. The van der Waals surface area contributed by atoms with Crippen molar-refractivity contribution in [3.05, 3.63) is 0 Å². The van der Waals surface area contributed by atoms with Gasteiger partial charge in [0.15, 0.2) is 0 Å². The van der Waals surface area contributed by atoms with Crippen LogP contribution in [-0.2, 0) is 4.79 Å². The van der Waals surface area contributed by atoms with Gasteiger partial charge in [-0.1, -0.05) is 32.6 Å². The zero-order valence-corrected chi connectivity index (χ0v) is 12.3. The summed E-state index contributed by atoms with van der Waals surface area (Å²) in [7, 11) is 0. The molecule has 1 saturated heterocycles. The third kappa shape index (κ3) is 3.44. The highest BCUT2D eigenvalue weighted by Crippen LogP contribution is 2.36. The second-order valence-electron chi connectivity index (χ2n) is 6.08. The number of carbonyl (C=O) groups excluding carboxylic acids is 1. The van der Waals surface area contributed by atoms with Crippen molar-refractivity contribution in [1.82, 2.24) is 10.2 Å². The van der Waals surface area contributed by atoms with Gasteiger partial charge in [0.2, 0.25) is 0 Å². The summed E-state index contributed by atoms with van der Waals surface area (Å²) in [5.41, 5.74) is 0. The summed E-state index contributed by atoms with van der Waals surface area (Å²) in [6.07, 6.45) is 8.09. The second kappa shape index (κ2) is 6.95. The van der Waals surface area contributed by atoms with E-state index >= 15 is 0 Å². The molecule has 2 amide bonds. The Labute approximate surface area is 120 Å². The molecule has 1 aliphatic heterocycles. The van der Waals surface area contributed by atoms with Crippen LogP contribution < -0.4 is 5.32 Å². The van der Waals surface area contributed by atoms with E-state index in [1.54, 1.807) is 0 Å². The quantitative estimate of drug-likeness (QED) is 0.814. The third-order valence-corrected chi connectivity index (χ3v) is 4.71. The highest BCUT2D eigenvalue weighted by Gasteiger charge is 2.38. The van der Waals surface area contributed by atoms with Crippen LogP contribution in [0.3, 0.4) is 0 Å². The first-order chi connectivity index (χ1) is 9.63. The van der Waals surface area contributed by atoms with Gasteiger partial charge in [-0.15, -0.1) is 0 Å². The van der Waals surface area contributed by atoms with Crippen molar-refractivity contribution in [2.45, 2.75) is 70.4 Å². The van der Waals surface area contributed by atoms with E-state index in [0.29, 0.717) is 18.4 Å². The molecule has 0 radical (unpaired) electrons. The van der Waals surface area contributed by atoms with Crippen molar-refractivity contribution in [3.8, 4) is 0 Å². The second-order valence-corrected chi connectivity index (χ2v) is 6.08. The molecule has 0 aromatic rings. The number of urea groups is 1. The van der Waals surface area contributed by atoms with Gasteiger partial charge in [0.1, 0.15) is 6.04 Å². The molecule has 0 aromatic carbocycles. The number of nitrogens with one attached hydrogen (secondary N) is 1. The van der Waals surface area contributed by atoms with E-state index < -0.39 is 12.0 Å². The van der Waals surface area contributed by atoms with E-state index in [0.717, 1.165) is 32.2 Å². The van der Waals surface area contributed by atoms with Gasteiger partial charge in [0.05, 0.1) is 0 Å². The maximum absolute atomic E-state index is 12.3. The van der Waals surface area contributed by atoms with Crippen LogP contribution in [0, 0.1) is 5.92 Å². The Bertz CT molecular complexity index is 359. The summed E-state index contributed by atoms with van der Waals surface area (Å²) in [6, 6.07) is -0.586. The van der Waals surface area contributed by atoms with Crippen LogP contribution in [0.1, 0.15) is 58.3 Å². The number of likely N-dealkylation sites (tertiary alicyclic amines) is 1.